The highest BCUT2D eigenvalue weighted by Gasteiger charge is 2.10. The van der Waals surface area contributed by atoms with Crippen molar-refractivity contribution in [2.45, 2.75) is 13.0 Å². The average molecular weight is 216 g/mol. The van der Waals surface area contributed by atoms with Crippen LogP contribution in [0.1, 0.15) is 18.5 Å². The van der Waals surface area contributed by atoms with Crippen LogP contribution < -0.4 is 11.5 Å². The van der Waals surface area contributed by atoms with Crippen molar-refractivity contribution in [3.05, 3.63) is 22.8 Å². The van der Waals surface area contributed by atoms with Crippen LogP contribution in [0.25, 0.3) is 0 Å². The van der Waals surface area contributed by atoms with Gasteiger partial charge in [0.2, 0.25) is 0 Å². The van der Waals surface area contributed by atoms with Gasteiger partial charge in [0.25, 0.3) is 0 Å². The van der Waals surface area contributed by atoms with E-state index in [2.05, 4.69) is 4.98 Å². The second-order valence-electron chi connectivity index (χ2n) is 2.89. The Labute approximate surface area is 88.2 Å². The largest absolute Gasteiger partial charge is 0.383 e. The van der Waals surface area contributed by atoms with Gasteiger partial charge in [-0.05, 0) is 13.0 Å². The summed E-state index contributed by atoms with van der Waals surface area (Å²) in [6.45, 7) is 2.95. The average Bonchev–Trinajstić information content (AvgIpc) is 2.18. The monoisotopic (exact) mass is 215 g/mol. The van der Waals surface area contributed by atoms with Gasteiger partial charge in [-0.1, -0.05) is 11.6 Å². The molecule has 0 saturated heterocycles. The molecule has 0 fully saturated rings. The van der Waals surface area contributed by atoms with E-state index in [1.807, 2.05) is 6.92 Å². The molecule has 0 spiro atoms. The van der Waals surface area contributed by atoms with Crippen molar-refractivity contribution < 1.29 is 4.74 Å². The van der Waals surface area contributed by atoms with Gasteiger partial charge in [0, 0.05) is 18.4 Å². The van der Waals surface area contributed by atoms with Crippen LogP contribution >= 0.6 is 11.6 Å². The first-order valence-corrected chi connectivity index (χ1v) is 4.77. The number of ether oxygens (including phenoxy) is 1. The van der Waals surface area contributed by atoms with Crippen LogP contribution in [0.5, 0.6) is 0 Å². The van der Waals surface area contributed by atoms with Gasteiger partial charge in [-0.25, -0.2) is 4.98 Å². The van der Waals surface area contributed by atoms with E-state index >= 15 is 0 Å². The minimum atomic E-state index is -0.277. The molecule has 0 aromatic carbocycles. The molecule has 1 aromatic rings. The van der Waals surface area contributed by atoms with E-state index < -0.39 is 0 Å². The van der Waals surface area contributed by atoms with Crippen molar-refractivity contribution in [1.29, 1.82) is 0 Å². The van der Waals surface area contributed by atoms with Gasteiger partial charge in [-0.3, -0.25) is 0 Å². The smallest absolute Gasteiger partial charge is 0.128 e. The fraction of sp³-hybridized carbons (Fsp3) is 0.444. The van der Waals surface area contributed by atoms with Crippen molar-refractivity contribution in [2.75, 3.05) is 18.9 Å². The number of nitrogens with two attached hydrogens (primary N) is 2. The lowest BCUT2D eigenvalue weighted by molar-refractivity contribution is 0.133. The van der Waals surface area contributed by atoms with Crippen LogP contribution in [-0.4, -0.2) is 18.2 Å². The van der Waals surface area contributed by atoms with E-state index in [1.165, 1.54) is 6.20 Å². The zero-order valence-electron chi connectivity index (χ0n) is 8.03. The third-order valence-corrected chi connectivity index (χ3v) is 2.02. The van der Waals surface area contributed by atoms with Crippen molar-refractivity contribution in [2.24, 2.45) is 5.73 Å². The summed E-state index contributed by atoms with van der Waals surface area (Å²) in [5.74, 6) is 0.404. The zero-order chi connectivity index (χ0) is 10.6. The number of anilines is 1. The van der Waals surface area contributed by atoms with Gasteiger partial charge in [0.1, 0.15) is 5.82 Å². The van der Waals surface area contributed by atoms with Crippen molar-refractivity contribution in [3.63, 3.8) is 0 Å². The molecule has 0 aliphatic heterocycles. The summed E-state index contributed by atoms with van der Waals surface area (Å²) in [5, 5.41) is 0.529. The Hall–Kier alpha value is -0.840. The number of nitrogen functional groups attached to an aromatic ring is 1. The van der Waals surface area contributed by atoms with E-state index in [9.17, 15) is 0 Å². The molecule has 0 amide bonds. The first kappa shape index (κ1) is 11.2. The van der Waals surface area contributed by atoms with Crippen LogP contribution in [0.15, 0.2) is 12.3 Å². The predicted molar refractivity (Wildman–Crippen MR) is 57.1 cm³/mol. The summed E-state index contributed by atoms with van der Waals surface area (Å²) in [6, 6.07) is 1.44. The van der Waals surface area contributed by atoms with Crippen molar-refractivity contribution in [3.8, 4) is 0 Å². The Bertz CT molecular complexity index is 306. The maximum Gasteiger partial charge on any atom is 0.128 e. The van der Waals surface area contributed by atoms with Gasteiger partial charge in [-0.2, -0.15) is 0 Å². The van der Waals surface area contributed by atoms with Crippen LogP contribution in [0.3, 0.4) is 0 Å². The summed E-state index contributed by atoms with van der Waals surface area (Å²) in [6.07, 6.45) is 1.49. The summed E-state index contributed by atoms with van der Waals surface area (Å²) in [4.78, 5) is 3.92. The minimum Gasteiger partial charge on any atom is -0.383 e. The third-order valence-electron chi connectivity index (χ3n) is 1.82. The van der Waals surface area contributed by atoms with E-state index in [-0.39, 0.29) is 6.04 Å². The Morgan fingerprint density at radius 2 is 2.36 bits per heavy atom. The number of halogens is 1. The fourth-order valence-corrected chi connectivity index (χ4v) is 1.26. The molecule has 1 aromatic heterocycles. The number of rotatable bonds is 4. The highest BCUT2D eigenvalue weighted by Crippen LogP contribution is 2.20. The topological polar surface area (TPSA) is 74.2 Å². The summed E-state index contributed by atoms with van der Waals surface area (Å²) >= 11 is 5.78. The summed E-state index contributed by atoms with van der Waals surface area (Å²) in [5.41, 5.74) is 12.2. The molecule has 1 atom stereocenters. The molecule has 0 saturated carbocycles. The maximum absolute atomic E-state index is 5.85. The molecule has 0 aliphatic carbocycles. The Kier molecular flexibility index (Phi) is 4.13. The molecular weight excluding hydrogens is 202 g/mol. The molecular formula is C9H14ClN3O. The van der Waals surface area contributed by atoms with Crippen LogP contribution in [0.4, 0.5) is 5.82 Å². The normalized spacial score (nSPS) is 12.8. The van der Waals surface area contributed by atoms with E-state index in [4.69, 9.17) is 27.8 Å². The molecule has 0 aliphatic rings. The number of hydrogen-bond acceptors (Lipinski definition) is 4. The summed E-state index contributed by atoms with van der Waals surface area (Å²) in [7, 11) is 0. The quantitative estimate of drug-likeness (QED) is 0.795. The lowest BCUT2D eigenvalue weighted by Gasteiger charge is -2.13. The van der Waals surface area contributed by atoms with Crippen LogP contribution in [-0.2, 0) is 4.74 Å². The van der Waals surface area contributed by atoms with Crippen molar-refractivity contribution >= 4 is 17.4 Å². The predicted octanol–water partition coefficient (Wildman–Crippen LogP) is 1.35. The molecule has 1 heterocycles. The van der Waals surface area contributed by atoms with Gasteiger partial charge in [-0.15, -0.1) is 0 Å². The standard InChI is InChI=1S/C9H14ClN3O/c1-2-14-5-8(11)7-3-6(10)4-13-9(7)12/h3-4,8H,2,5,11H2,1H3,(H2,12,13). The van der Waals surface area contributed by atoms with E-state index in [0.29, 0.717) is 24.1 Å². The fourth-order valence-electron chi connectivity index (χ4n) is 1.10. The first-order valence-electron chi connectivity index (χ1n) is 4.39. The lowest BCUT2D eigenvalue weighted by Crippen LogP contribution is -2.19. The Morgan fingerprint density at radius 1 is 1.64 bits per heavy atom. The van der Waals surface area contributed by atoms with Gasteiger partial charge >= 0.3 is 0 Å². The Balaban J connectivity index is 2.77. The number of hydrogen-bond donors (Lipinski definition) is 2. The number of nitrogens with zero attached hydrogens (tertiary/aromatic N) is 1. The number of aromatic nitrogens is 1. The van der Waals surface area contributed by atoms with Gasteiger partial charge < -0.3 is 16.2 Å². The molecule has 4 nitrogen and oxygen atoms in total. The van der Waals surface area contributed by atoms with Gasteiger partial charge in [0.05, 0.1) is 17.7 Å². The number of pyridine rings is 1. The molecule has 4 N–H and O–H groups in total. The maximum atomic E-state index is 5.85. The molecule has 78 valence electrons. The minimum absolute atomic E-state index is 0.277. The van der Waals surface area contributed by atoms with E-state index in [0.717, 1.165) is 5.56 Å². The second-order valence-corrected chi connectivity index (χ2v) is 3.33. The lowest BCUT2D eigenvalue weighted by atomic mass is 10.1. The third kappa shape index (κ3) is 2.83. The molecule has 14 heavy (non-hydrogen) atoms. The zero-order valence-corrected chi connectivity index (χ0v) is 8.79. The second kappa shape index (κ2) is 5.14. The summed E-state index contributed by atoms with van der Waals surface area (Å²) < 4.78 is 5.19. The van der Waals surface area contributed by atoms with Crippen molar-refractivity contribution in [1.82, 2.24) is 4.98 Å². The SMILES string of the molecule is CCOCC(N)c1cc(Cl)cnc1N. The van der Waals surface area contributed by atoms with Crippen LogP contribution in [0, 0.1) is 0 Å². The molecule has 5 heteroatoms. The Morgan fingerprint density at radius 3 is 3.00 bits per heavy atom. The molecule has 1 rings (SSSR count). The van der Waals surface area contributed by atoms with E-state index in [1.54, 1.807) is 6.07 Å². The van der Waals surface area contributed by atoms with Gasteiger partial charge in [0.15, 0.2) is 0 Å². The highest BCUT2D eigenvalue weighted by atomic mass is 35.5. The highest BCUT2D eigenvalue weighted by molar-refractivity contribution is 6.30. The van der Waals surface area contributed by atoms with Crippen LogP contribution in [0.2, 0.25) is 5.02 Å². The molecule has 0 bridgehead atoms. The molecule has 0 radical (unpaired) electrons. The molecule has 1 unspecified atom stereocenters. The first-order chi connectivity index (χ1) is 6.65.